The van der Waals surface area contributed by atoms with Crippen LogP contribution in [0.15, 0.2) is 71.6 Å². The molecule has 9 heteroatoms. The molecule has 4 aromatic rings. The molecule has 0 unspecified atom stereocenters. The fourth-order valence-electron chi connectivity index (χ4n) is 3.28. The van der Waals surface area contributed by atoms with Crippen molar-refractivity contribution in [3.05, 3.63) is 78.0 Å². The maximum absolute atomic E-state index is 13.4. The largest absolute Gasteiger partial charge is 0.457 e. The lowest BCUT2D eigenvalue weighted by atomic mass is 10.1. The van der Waals surface area contributed by atoms with E-state index in [4.69, 9.17) is 4.74 Å². The average Bonchev–Trinajstić information content (AvgIpc) is 2.72. The standard InChI is InChI=1S/C23H17F3N2O3S/c1-14-21(28-22-19(23(24,25)26)10-5-11-20(22)27-14)15-6-3-7-16(12-15)31-17-8-4-9-18(13-17)32(2,29)30/h3-13H,1-2H3. The second-order valence-corrected chi connectivity index (χ2v) is 9.22. The van der Waals surface area contributed by atoms with Crippen molar-refractivity contribution < 1.29 is 26.3 Å². The molecule has 0 bridgehead atoms. The molecule has 5 nitrogen and oxygen atoms in total. The molecule has 32 heavy (non-hydrogen) atoms. The minimum Gasteiger partial charge on any atom is -0.457 e. The summed E-state index contributed by atoms with van der Waals surface area (Å²) in [4.78, 5) is 8.71. The Morgan fingerprint density at radius 3 is 2.22 bits per heavy atom. The first kappa shape index (κ1) is 21.8. The monoisotopic (exact) mass is 458 g/mol. The zero-order valence-electron chi connectivity index (χ0n) is 17.0. The number of fused-ring (bicyclic) bond motifs is 1. The molecule has 164 valence electrons. The first-order valence-electron chi connectivity index (χ1n) is 9.45. The molecule has 0 fully saturated rings. The number of aryl methyl sites for hydroxylation is 1. The van der Waals surface area contributed by atoms with Crippen molar-refractivity contribution in [1.29, 1.82) is 0 Å². The predicted molar refractivity (Wildman–Crippen MR) is 114 cm³/mol. The summed E-state index contributed by atoms with van der Waals surface area (Å²) in [7, 11) is -3.40. The number of benzene rings is 3. The Morgan fingerprint density at radius 1 is 0.875 bits per heavy atom. The van der Waals surface area contributed by atoms with E-state index in [1.807, 2.05) is 0 Å². The summed E-state index contributed by atoms with van der Waals surface area (Å²) in [5.41, 5.74) is 0.357. The molecule has 0 saturated heterocycles. The van der Waals surface area contributed by atoms with E-state index >= 15 is 0 Å². The highest BCUT2D eigenvalue weighted by atomic mass is 32.2. The first-order chi connectivity index (χ1) is 15.0. The molecule has 0 N–H and O–H groups in total. The molecule has 1 aromatic heterocycles. The number of rotatable bonds is 4. The van der Waals surface area contributed by atoms with Gasteiger partial charge < -0.3 is 4.74 Å². The van der Waals surface area contributed by atoms with Crippen molar-refractivity contribution in [3.63, 3.8) is 0 Å². The summed E-state index contributed by atoms with van der Waals surface area (Å²) in [6.07, 6.45) is -3.46. The van der Waals surface area contributed by atoms with Crippen LogP contribution in [0.3, 0.4) is 0 Å². The minimum atomic E-state index is -4.56. The van der Waals surface area contributed by atoms with E-state index in [0.717, 1.165) is 12.3 Å². The fourth-order valence-corrected chi connectivity index (χ4v) is 3.93. The van der Waals surface area contributed by atoms with Gasteiger partial charge in [-0.25, -0.2) is 18.4 Å². The summed E-state index contributed by atoms with van der Waals surface area (Å²) in [6, 6.07) is 16.4. The van der Waals surface area contributed by atoms with Crippen LogP contribution in [-0.4, -0.2) is 24.6 Å². The van der Waals surface area contributed by atoms with E-state index in [2.05, 4.69) is 9.97 Å². The average molecular weight is 458 g/mol. The van der Waals surface area contributed by atoms with Gasteiger partial charge in [0.05, 0.1) is 27.4 Å². The zero-order valence-corrected chi connectivity index (χ0v) is 17.8. The van der Waals surface area contributed by atoms with Crippen molar-refractivity contribution in [3.8, 4) is 22.8 Å². The van der Waals surface area contributed by atoms with Crippen LogP contribution in [0.2, 0.25) is 0 Å². The van der Waals surface area contributed by atoms with Crippen molar-refractivity contribution in [1.82, 2.24) is 9.97 Å². The molecular weight excluding hydrogens is 441 g/mol. The van der Waals surface area contributed by atoms with Crippen molar-refractivity contribution in [2.75, 3.05) is 6.26 Å². The van der Waals surface area contributed by atoms with Gasteiger partial charge in [0.15, 0.2) is 9.84 Å². The number of sulfone groups is 1. The van der Waals surface area contributed by atoms with Gasteiger partial charge in [0.2, 0.25) is 0 Å². The van der Waals surface area contributed by atoms with E-state index in [1.165, 1.54) is 24.3 Å². The number of hydrogen-bond acceptors (Lipinski definition) is 5. The van der Waals surface area contributed by atoms with E-state index < -0.39 is 21.6 Å². The van der Waals surface area contributed by atoms with Crippen molar-refractivity contribution in [2.24, 2.45) is 0 Å². The molecule has 0 aliphatic heterocycles. The first-order valence-corrected chi connectivity index (χ1v) is 11.3. The number of aromatic nitrogens is 2. The summed E-state index contributed by atoms with van der Waals surface area (Å²) < 4.78 is 69.7. The van der Waals surface area contributed by atoms with E-state index in [1.54, 1.807) is 43.3 Å². The lowest BCUT2D eigenvalue weighted by Gasteiger charge is -2.13. The van der Waals surface area contributed by atoms with Crippen LogP contribution < -0.4 is 4.74 Å². The van der Waals surface area contributed by atoms with Crippen LogP contribution in [-0.2, 0) is 16.0 Å². The van der Waals surface area contributed by atoms with Gasteiger partial charge in [0.1, 0.15) is 17.0 Å². The SMILES string of the molecule is Cc1nc2cccc(C(F)(F)F)c2nc1-c1cccc(Oc2cccc(S(C)(=O)=O)c2)c1. The minimum absolute atomic E-state index is 0.113. The van der Waals surface area contributed by atoms with Crippen LogP contribution in [0.25, 0.3) is 22.3 Å². The Labute approximate surface area is 182 Å². The third-order valence-corrected chi connectivity index (χ3v) is 5.86. The zero-order chi connectivity index (χ0) is 23.1. The Kier molecular flexibility index (Phi) is 5.37. The topological polar surface area (TPSA) is 69.2 Å². The molecule has 4 rings (SSSR count). The van der Waals surface area contributed by atoms with Gasteiger partial charge in [0.25, 0.3) is 0 Å². The molecule has 0 amide bonds. The summed E-state index contributed by atoms with van der Waals surface area (Å²) in [5.74, 6) is 0.685. The predicted octanol–water partition coefficient (Wildman–Crippen LogP) is 5.82. The van der Waals surface area contributed by atoms with Crippen LogP contribution >= 0.6 is 0 Å². The van der Waals surface area contributed by atoms with Gasteiger partial charge in [-0.1, -0.05) is 24.3 Å². The highest BCUT2D eigenvalue weighted by molar-refractivity contribution is 7.90. The molecule has 0 atom stereocenters. The van der Waals surface area contributed by atoms with Gasteiger partial charge >= 0.3 is 6.18 Å². The Balaban J connectivity index is 1.76. The van der Waals surface area contributed by atoms with Crippen molar-refractivity contribution >= 4 is 20.9 Å². The lowest BCUT2D eigenvalue weighted by Crippen LogP contribution is -2.08. The third kappa shape index (κ3) is 4.43. The second-order valence-electron chi connectivity index (χ2n) is 7.21. The fraction of sp³-hybridized carbons (Fsp3) is 0.130. The lowest BCUT2D eigenvalue weighted by molar-refractivity contribution is -0.136. The van der Waals surface area contributed by atoms with Crippen molar-refractivity contribution in [2.45, 2.75) is 18.0 Å². The number of ether oxygens (including phenoxy) is 1. The molecule has 0 spiro atoms. The van der Waals surface area contributed by atoms with Gasteiger partial charge in [-0.2, -0.15) is 13.2 Å². The van der Waals surface area contributed by atoms with Crippen LogP contribution in [0, 0.1) is 6.92 Å². The molecule has 0 aliphatic rings. The van der Waals surface area contributed by atoms with Crippen LogP contribution in [0.1, 0.15) is 11.3 Å². The number of nitrogens with zero attached hydrogens (tertiary/aromatic N) is 2. The Hall–Kier alpha value is -3.46. The maximum Gasteiger partial charge on any atom is 0.418 e. The van der Waals surface area contributed by atoms with Gasteiger partial charge in [-0.15, -0.1) is 0 Å². The van der Waals surface area contributed by atoms with Crippen LogP contribution in [0.5, 0.6) is 11.5 Å². The molecule has 0 saturated carbocycles. The summed E-state index contributed by atoms with van der Waals surface area (Å²) in [5, 5.41) is 0. The number of alkyl halides is 3. The Morgan fingerprint density at radius 2 is 1.53 bits per heavy atom. The molecule has 1 heterocycles. The van der Waals surface area contributed by atoms with E-state index in [-0.39, 0.29) is 15.9 Å². The van der Waals surface area contributed by atoms with Gasteiger partial charge in [-0.05, 0) is 49.4 Å². The van der Waals surface area contributed by atoms with E-state index in [9.17, 15) is 21.6 Å². The highest BCUT2D eigenvalue weighted by Gasteiger charge is 2.33. The maximum atomic E-state index is 13.4. The third-order valence-electron chi connectivity index (χ3n) is 4.75. The Bertz CT molecular complexity index is 1430. The highest BCUT2D eigenvalue weighted by Crippen LogP contribution is 2.35. The number of hydrogen-bond donors (Lipinski definition) is 0. The number of para-hydroxylation sites is 1. The summed E-state index contributed by atoms with van der Waals surface area (Å²) >= 11 is 0. The van der Waals surface area contributed by atoms with E-state index in [0.29, 0.717) is 28.5 Å². The molecular formula is C23H17F3N2O3S. The smallest absolute Gasteiger partial charge is 0.418 e. The van der Waals surface area contributed by atoms with Gasteiger partial charge in [-0.3, -0.25) is 0 Å². The molecule has 0 aliphatic carbocycles. The summed E-state index contributed by atoms with van der Waals surface area (Å²) in [6.45, 7) is 1.67. The normalized spacial score (nSPS) is 12.2. The van der Waals surface area contributed by atoms with Crippen LogP contribution in [0.4, 0.5) is 13.2 Å². The quantitative estimate of drug-likeness (QED) is 0.385. The molecule has 0 radical (unpaired) electrons. The second kappa shape index (κ2) is 7.90. The molecule has 3 aromatic carbocycles. The number of halogens is 3. The van der Waals surface area contributed by atoms with Gasteiger partial charge in [0, 0.05) is 11.8 Å².